The summed E-state index contributed by atoms with van der Waals surface area (Å²) in [7, 11) is 0. The first-order valence-electron chi connectivity index (χ1n) is 5.67. The predicted molar refractivity (Wildman–Crippen MR) is 58.5 cm³/mol. The smallest absolute Gasteiger partial charge is 1.00 e. The van der Waals surface area contributed by atoms with Crippen molar-refractivity contribution in [2.24, 2.45) is 0 Å². The van der Waals surface area contributed by atoms with Crippen LogP contribution < -0.4 is 9.41 Å². The summed E-state index contributed by atoms with van der Waals surface area (Å²) in [6.45, 7) is 4.51. The van der Waals surface area contributed by atoms with Crippen molar-refractivity contribution >= 4 is 0 Å². The molecule has 0 spiro atoms. The van der Waals surface area contributed by atoms with E-state index in [2.05, 4.69) is 26.0 Å². The summed E-state index contributed by atoms with van der Waals surface area (Å²) in [5.74, 6) is 0. The third-order valence-corrected chi connectivity index (χ3v) is 2.63. The van der Waals surface area contributed by atoms with Gasteiger partial charge in [0.05, 0.1) is 0 Å². The molecule has 0 saturated heterocycles. The number of unbranched alkanes of at least 4 members (excludes halogenated alkanes) is 2. The predicted octanol–water partition coefficient (Wildman–Crippen LogP) is -1.57. The van der Waals surface area contributed by atoms with Crippen molar-refractivity contribution < 1.29 is 35.6 Å². The van der Waals surface area contributed by atoms with Crippen LogP contribution in [-0.4, -0.2) is 0 Å². The number of hydrogen-bond acceptors (Lipinski definition) is 0. The molecule has 0 unspecified atom stereocenters. The van der Waals surface area contributed by atoms with Crippen LogP contribution in [0.5, 0.6) is 0 Å². The third-order valence-electron chi connectivity index (χ3n) is 2.63. The van der Waals surface area contributed by atoms with Crippen molar-refractivity contribution in [3.63, 3.8) is 0 Å². The van der Waals surface area contributed by atoms with Crippen LogP contribution in [0.3, 0.4) is 0 Å². The van der Waals surface area contributed by atoms with Crippen LogP contribution in [0.15, 0.2) is 17.2 Å². The van der Waals surface area contributed by atoms with E-state index < -0.39 is 0 Å². The Balaban J connectivity index is -0.000000563. The molecule has 91 valence electrons. The van der Waals surface area contributed by atoms with Crippen molar-refractivity contribution in [1.82, 2.24) is 0 Å². The fourth-order valence-corrected chi connectivity index (χ4v) is 1.76. The van der Waals surface area contributed by atoms with Gasteiger partial charge in [0.2, 0.25) is 0 Å². The molecule has 16 heavy (non-hydrogen) atoms. The molecule has 0 aromatic heterocycles. The number of allylic oxidation sites excluding steroid dienone is 4. The van der Waals surface area contributed by atoms with Crippen LogP contribution >= 0.6 is 0 Å². The van der Waals surface area contributed by atoms with Gasteiger partial charge in [-0.15, -0.1) is 6.42 Å². The van der Waals surface area contributed by atoms with Gasteiger partial charge in [0.15, 0.2) is 0 Å². The van der Waals surface area contributed by atoms with E-state index in [-0.39, 0.29) is 35.6 Å². The SMILES string of the molecule is CCCCC1=[C-]CC=C1CCCC.[F-].[F-].[Zr+3]. The van der Waals surface area contributed by atoms with Gasteiger partial charge in [-0.25, -0.2) is 5.57 Å². The molecule has 0 aromatic carbocycles. The minimum atomic E-state index is 0. The van der Waals surface area contributed by atoms with Crippen LogP contribution in [0.1, 0.15) is 58.8 Å². The molecule has 0 N–H and O–H groups in total. The first kappa shape index (κ1) is 21.5. The second kappa shape index (κ2) is 13.3. The van der Waals surface area contributed by atoms with Gasteiger partial charge in [-0.05, 0) is 0 Å². The third kappa shape index (κ3) is 7.49. The second-order valence-electron chi connectivity index (χ2n) is 3.80. The molecule has 1 rings (SSSR count). The molecule has 0 saturated carbocycles. The zero-order valence-corrected chi connectivity index (χ0v) is 12.7. The van der Waals surface area contributed by atoms with Gasteiger partial charge in [0, 0.05) is 0 Å². The molecule has 0 fully saturated rings. The van der Waals surface area contributed by atoms with Crippen molar-refractivity contribution in [2.75, 3.05) is 0 Å². The van der Waals surface area contributed by atoms with Crippen LogP contribution in [0, 0.1) is 6.08 Å². The van der Waals surface area contributed by atoms with E-state index in [0.717, 1.165) is 6.42 Å². The summed E-state index contributed by atoms with van der Waals surface area (Å²) in [5.41, 5.74) is 3.12. The van der Waals surface area contributed by atoms with E-state index in [1.54, 1.807) is 5.57 Å². The number of rotatable bonds is 6. The van der Waals surface area contributed by atoms with Gasteiger partial charge in [0.25, 0.3) is 0 Å². The molecule has 0 heterocycles. The molecule has 1 aliphatic carbocycles. The Bertz CT molecular complexity index is 188. The largest absolute Gasteiger partial charge is 3.00 e. The summed E-state index contributed by atoms with van der Waals surface area (Å²) in [6, 6.07) is 0. The molecule has 0 nitrogen and oxygen atoms in total. The Labute approximate surface area is 117 Å². The van der Waals surface area contributed by atoms with E-state index in [0.29, 0.717) is 0 Å². The minimum absolute atomic E-state index is 0. The maximum Gasteiger partial charge on any atom is 3.00 e. The quantitative estimate of drug-likeness (QED) is 0.520. The molecular weight excluding hydrogens is 285 g/mol. The van der Waals surface area contributed by atoms with E-state index >= 15 is 0 Å². The first-order valence-corrected chi connectivity index (χ1v) is 5.67. The molecule has 0 aromatic rings. The Morgan fingerprint density at radius 1 is 1.06 bits per heavy atom. The summed E-state index contributed by atoms with van der Waals surface area (Å²) in [6.07, 6.45) is 14.7. The molecule has 0 bridgehead atoms. The van der Waals surface area contributed by atoms with Gasteiger partial charge >= 0.3 is 26.2 Å². The van der Waals surface area contributed by atoms with Crippen molar-refractivity contribution in [1.29, 1.82) is 0 Å². The van der Waals surface area contributed by atoms with Gasteiger partial charge < -0.3 is 9.41 Å². The van der Waals surface area contributed by atoms with Gasteiger partial charge in [-0.2, -0.15) is 11.6 Å². The Kier molecular flexibility index (Phi) is 17.9. The topological polar surface area (TPSA) is 0 Å². The number of halogens is 2. The Hall–Kier alpha value is 0.223. The zero-order chi connectivity index (χ0) is 9.52. The van der Waals surface area contributed by atoms with Gasteiger partial charge in [-0.3, -0.25) is 6.08 Å². The van der Waals surface area contributed by atoms with E-state index in [4.69, 9.17) is 0 Å². The molecule has 3 heteroatoms. The fraction of sp³-hybridized carbons (Fsp3) is 0.692. The average molecular weight is 307 g/mol. The van der Waals surface area contributed by atoms with Crippen molar-refractivity contribution in [2.45, 2.75) is 58.8 Å². The Morgan fingerprint density at radius 2 is 1.62 bits per heavy atom. The standard InChI is InChI=1S/C13H21.2FH.Zr/c1-3-5-8-12-10-7-11-13(12)9-6-4-2;;;/h10H,3-9H2,1-2H3;2*1H;/q-1;;;+3/p-2. The van der Waals surface area contributed by atoms with Crippen molar-refractivity contribution in [3.8, 4) is 0 Å². The summed E-state index contributed by atoms with van der Waals surface area (Å²) in [5, 5.41) is 0. The van der Waals surface area contributed by atoms with Crippen molar-refractivity contribution in [3.05, 3.63) is 23.3 Å². The molecule has 0 amide bonds. The van der Waals surface area contributed by atoms with E-state index in [1.165, 1.54) is 44.1 Å². The molecular formula is C13H21F2Zr. The average Bonchev–Trinajstić information content (AvgIpc) is 2.59. The van der Waals surface area contributed by atoms with Crippen LogP contribution in [0.2, 0.25) is 0 Å². The summed E-state index contributed by atoms with van der Waals surface area (Å²) < 4.78 is 0. The molecule has 0 atom stereocenters. The maximum absolute atomic E-state index is 3.47. The number of hydrogen-bond donors (Lipinski definition) is 0. The van der Waals surface area contributed by atoms with E-state index in [1.807, 2.05) is 0 Å². The van der Waals surface area contributed by atoms with Crippen LogP contribution in [0.4, 0.5) is 0 Å². The summed E-state index contributed by atoms with van der Waals surface area (Å²) >= 11 is 0. The fourth-order valence-electron chi connectivity index (χ4n) is 1.76. The molecule has 1 radical (unpaired) electrons. The van der Waals surface area contributed by atoms with Gasteiger partial charge in [-0.1, -0.05) is 52.4 Å². The monoisotopic (exact) mass is 305 g/mol. The molecule has 0 aliphatic heterocycles. The first-order chi connectivity index (χ1) is 6.38. The summed E-state index contributed by atoms with van der Waals surface area (Å²) in [4.78, 5) is 0. The van der Waals surface area contributed by atoms with Crippen LogP contribution in [0.25, 0.3) is 0 Å². The van der Waals surface area contributed by atoms with E-state index in [9.17, 15) is 0 Å². The Morgan fingerprint density at radius 3 is 2.19 bits per heavy atom. The second-order valence-corrected chi connectivity index (χ2v) is 3.80. The zero-order valence-electron chi connectivity index (χ0n) is 10.3. The van der Waals surface area contributed by atoms with Gasteiger partial charge in [0.1, 0.15) is 0 Å². The van der Waals surface area contributed by atoms with Crippen LogP contribution in [-0.2, 0) is 26.2 Å². The normalized spacial score (nSPS) is 12.9. The minimum Gasteiger partial charge on any atom is -1.00 e. The maximum atomic E-state index is 3.47. The molecule has 1 aliphatic rings.